The van der Waals surface area contributed by atoms with Gasteiger partial charge in [0.15, 0.2) is 0 Å². The number of anilines is 1. The lowest BCUT2D eigenvalue weighted by atomic mass is 10.1. The van der Waals surface area contributed by atoms with E-state index >= 15 is 0 Å². The Kier molecular flexibility index (Phi) is 4.70. The van der Waals surface area contributed by atoms with Gasteiger partial charge in [-0.2, -0.15) is 0 Å². The Hall–Kier alpha value is -1.83. The number of benzene rings is 1. The second kappa shape index (κ2) is 6.04. The predicted octanol–water partition coefficient (Wildman–Crippen LogP) is 3.76. The molecule has 0 saturated carbocycles. The summed E-state index contributed by atoms with van der Waals surface area (Å²) in [7, 11) is 4.06. The number of nitrogens with zero attached hydrogens (tertiary/aromatic N) is 2. The Bertz CT molecular complexity index is 436. The lowest BCUT2D eigenvalue weighted by Crippen LogP contribution is -2.08. The molecule has 1 rings (SSSR count). The van der Waals surface area contributed by atoms with Crippen molar-refractivity contribution in [3.63, 3.8) is 0 Å². The highest BCUT2D eigenvalue weighted by atomic mass is 15.1. The molecular formula is C15H20N2. The minimum absolute atomic E-state index is 0.967. The third-order valence-corrected chi connectivity index (χ3v) is 2.47. The molecule has 2 heteroatoms. The highest BCUT2D eigenvalue weighted by Gasteiger charge is 1.98. The molecule has 90 valence electrons. The van der Waals surface area contributed by atoms with Gasteiger partial charge in [0, 0.05) is 31.7 Å². The summed E-state index contributed by atoms with van der Waals surface area (Å²) in [5, 5.41) is 0. The highest BCUT2D eigenvalue weighted by molar-refractivity contribution is 5.74. The third-order valence-electron chi connectivity index (χ3n) is 2.47. The summed E-state index contributed by atoms with van der Waals surface area (Å²) in [4.78, 5) is 6.28. The lowest BCUT2D eigenvalue weighted by Gasteiger charge is -2.12. The topological polar surface area (TPSA) is 15.6 Å². The molecule has 17 heavy (non-hydrogen) atoms. The Morgan fingerprint density at radius 2 is 1.82 bits per heavy atom. The van der Waals surface area contributed by atoms with Gasteiger partial charge in [-0.15, -0.1) is 0 Å². The maximum Gasteiger partial charge on any atom is 0.0374 e. The van der Waals surface area contributed by atoms with Crippen LogP contribution in [-0.2, 0) is 0 Å². The zero-order valence-electron chi connectivity index (χ0n) is 11.1. The van der Waals surface area contributed by atoms with Crippen molar-refractivity contribution >= 4 is 17.5 Å². The van der Waals surface area contributed by atoms with Gasteiger partial charge in [-0.05, 0) is 43.2 Å². The fourth-order valence-electron chi connectivity index (χ4n) is 1.55. The van der Waals surface area contributed by atoms with Crippen molar-refractivity contribution in [1.82, 2.24) is 0 Å². The van der Waals surface area contributed by atoms with Crippen LogP contribution in [0.25, 0.3) is 5.57 Å². The number of hydrogen-bond acceptors (Lipinski definition) is 2. The second-order valence-corrected chi connectivity index (χ2v) is 4.14. The van der Waals surface area contributed by atoms with Gasteiger partial charge >= 0.3 is 0 Å². The number of aliphatic imine (C=N–C) groups is 1. The first-order valence-electron chi connectivity index (χ1n) is 5.68. The Morgan fingerprint density at radius 1 is 1.24 bits per heavy atom. The van der Waals surface area contributed by atoms with Crippen LogP contribution in [-0.4, -0.2) is 20.3 Å². The molecule has 2 nitrogen and oxygen atoms in total. The van der Waals surface area contributed by atoms with E-state index in [1.807, 2.05) is 34.0 Å². The molecule has 1 aromatic carbocycles. The van der Waals surface area contributed by atoms with E-state index in [1.54, 1.807) is 6.21 Å². The van der Waals surface area contributed by atoms with E-state index in [0.717, 1.165) is 16.8 Å². The minimum Gasteiger partial charge on any atom is -0.378 e. The third kappa shape index (κ3) is 3.91. The molecule has 1 aromatic rings. The maximum atomic E-state index is 4.20. The van der Waals surface area contributed by atoms with Crippen LogP contribution in [0.15, 0.2) is 47.6 Å². The minimum atomic E-state index is 0.967. The van der Waals surface area contributed by atoms with Gasteiger partial charge in [0.1, 0.15) is 0 Å². The van der Waals surface area contributed by atoms with Gasteiger partial charge in [0.2, 0.25) is 0 Å². The summed E-state index contributed by atoms with van der Waals surface area (Å²) >= 11 is 0. The average molecular weight is 228 g/mol. The maximum absolute atomic E-state index is 4.20. The molecule has 0 aliphatic rings. The molecule has 0 spiro atoms. The zero-order chi connectivity index (χ0) is 12.8. The molecule has 0 aromatic heterocycles. The van der Waals surface area contributed by atoms with E-state index in [0.29, 0.717) is 0 Å². The fourth-order valence-corrected chi connectivity index (χ4v) is 1.55. The Labute approximate surface area is 104 Å². The molecule has 0 saturated heterocycles. The van der Waals surface area contributed by atoms with Crippen LogP contribution in [0.5, 0.6) is 0 Å². The Balaban J connectivity index is 2.87. The molecule has 0 atom stereocenters. The number of rotatable bonds is 4. The van der Waals surface area contributed by atoms with Crippen molar-refractivity contribution < 1.29 is 0 Å². The van der Waals surface area contributed by atoms with Crippen LogP contribution in [0.1, 0.15) is 19.4 Å². The standard InChI is InChI=1S/C15H20N2/c1-6-16-13(3)11-12(2)14-7-9-15(10-8-14)17(4)5/h6-11H,2H2,1,3-5H3. The van der Waals surface area contributed by atoms with Crippen molar-refractivity contribution in [2.45, 2.75) is 13.8 Å². The molecule has 0 aliphatic carbocycles. The van der Waals surface area contributed by atoms with E-state index in [9.17, 15) is 0 Å². The van der Waals surface area contributed by atoms with Crippen LogP contribution >= 0.6 is 0 Å². The molecule has 0 bridgehead atoms. The van der Waals surface area contributed by atoms with Crippen molar-refractivity contribution in [3.05, 3.63) is 48.2 Å². The number of allylic oxidation sites excluding steroid dienone is 3. The monoisotopic (exact) mass is 228 g/mol. The second-order valence-electron chi connectivity index (χ2n) is 4.14. The van der Waals surface area contributed by atoms with Crippen molar-refractivity contribution in [2.75, 3.05) is 19.0 Å². The first kappa shape index (κ1) is 13.2. The fraction of sp³-hybridized carbons (Fsp3) is 0.267. The average Bonchev–Trinajstić information content (AvgIpc) is 2.29. The van der Waals surface area contributed by atoms with Crippen molar-refractivity contribution in [1.29, 1.82) is 0 Å². The lowest BCUT2D eigenvalue weighted by molar-refractivity contribution is 1.13. The summed E-state index contributed by atoms with van der Waals surface area (Å²) in [5.41, 5.74) is 4.27. The van der Waals surface area contributed by atoms with Gasteiger partial charge in [-0.1, -0.05) is 18.7 Å². The molecular weight excluding hydrogens is 208 g/mol. The van der Waals surface area contributed by atoms with Crippen LogP contribution in [0.2, 0.25) is 0 Å². The summed E-state index contributed by atoms with van der Waals surface area (Å²) < 4.78 is 0. The summed E-state index contributed by atoms with van der Waals surface area (Å²) in [5.74, 6) is 0. The largest absolute Gasteiger partial charge is 0.378 e. The summed E-state index contributed by atoms with van der Waals surface area (Å²) in [6.07, 6.45) is 3.78. The molecule has 0 N–H and O–H groups in total. The van der Waals surface area contributed by atoms with Crippen molar-refractivity contribution in [3.8, 4) is 0 Å². The SMILES string of the molecule is C=C(C=C(C)N=CC)c1ccc(N(C)C)cc1. The highest BCUT2D eigenvalue weighted by Crippen LogP contribution is 2.19. The van der Waals surface area contributed by atoms with Crippen LogP contribution in [0, 0.1) is 0 Å². The van der Waals surface area contributed by atoms with Gasteiger partial charge in [-0.3, -0.25) is 4.99 Å². The predicted molar refractivity (Wildman–Crippen MR) is 77.7 cm³/mol. The summed E-state index contributed by atoms with van der Waals surface area (Å²) in [6.45, 7) is 7.94. The van der Waals surface area contributed by atoms with Crippen LogP contribution in [0.4, 0.5) is 5.69 Å². The van der Waals surface area contributed by atoms with E-state index in [4.69, 9.17) is 0 Å². The van der Waals surface area contributed by atoms with Gasteiger partial charge in [0.25, 0.3) is 0 Å². The van der Waals surface area contributed by atoms with Gasteiger partial charge < -0.3 is 4.90 Å². The molecule has 0 amide bonds. The van der Waals surface area contributed by atoms with E-state index < -0.39 is 0 Å². The van der Waals surface area contributed by atoms with Crippen LogP contribution in [0.3, 0.4) is 0 Å². The molecule has 0 aliphatic heterocycles. The molecule has 0 unspecified atom stereocenters. The smallest absolute Gasteiger partial charge is 0.0374 e. The van der Waals surface area contributed by atoms with E-state index in [1.165, 1.54) is 5.69 Å². The molecule has 0 radical (unpaired) electrons. The Morgan fingerprint density at radius 3 is 2.29 bits per heavy atom. The van der Waals surface area contributed by atoms with Crippen LogP contribution < -0.4 is 4.90 Å². The first-order chi connectivity index (χ1) is 8.04. The number of hydrogen-bond donors (Lipinski definition) is 0. The quantitative estimate of drug-likeness (QED) is 0.566. The van der Waals surface area contributed by atoms with E-state index in [2.05, 4.69) is 40.7 Å². The van der Waals surface area contributed by atoms with Gasteiger partial charge in [0.05, 0.1) is 0 Å². The normalized spacial score (nSPS) is 11.9. The molecule has 0 fully saturated rings. The van der Waals surface area contributed by atoms with E-state index in [-0.39, 0.29) is 0 Å². The van der Waals surface area contributed by atoms with Crippen molar-refractivity contribution in [2.24, 2.45) is 4.99 Å². The van der Waals surface area contributed by atoms with Gasteiger partial charge in [-0.25, -0.2) is 0 Å². The summed E-state index contributed by atoms with van der Waals surface area (Å²) in [6, 6.07) is 8.34. The molecule has 0 heterocycles. The first-order valence-corrected chi connectivity index (χ1v) is 5.68. The zero-order valence-corrected chi connectivity index (χ0v) is 11.1.